The molecule has 0 bridgehead atoms. The number of fused-ring (bicyclic) bond motifs is 3. The van der Waals surface area contributed by atoms with Crippen LogP contribution in [0.4, 0.5) is 0 Å². The maximum atomic E-state index is 12.8. The molecule has 0 saturated heterocycles. The van der Waals surface area contributed by atoms with Crippen LogP contribution in [-0.4, -0.2) is 39.1 Å². The van der Waals surface area contributed by atoms with Crippen LogP contribution < -0.4 is 5.56 Å². The third-order valence-corrected chi connectivity index (χ3v) is 4.86. The van der Waals surface area contributed by atoms with E-state index in [4.69, 9.17) is 0 Å². The number of aromatic nitrogens is 8. The average molecular weight is 336 g/mol. The van der Waals surface area contributed by atoms with Crippen LogP contribution in [0.5, 0.6) is 0 Å². The SMILES string of the molecule is O=c1c2cnc3nc(C4CCCCC4)nn3c2ccn1-n1cnnc1. The van der Waals surface area contributed by atoms with E-state index in [0.717, 1.165) is 18.7 Å². The molecule has 0 N–H and O–H groups in total. The standard InChI is InChI=1S/C16H16N8O/c25-15-12-8-17-16-20-14(11-4-2-1-3-5-11)21-24(16)13(12)6-7-23(15)22-9-18-19-10-22/h6-11H,1-5H2. The van der Waals surface area contributed by atoms with E-state index in [1.54, 1.807) is 16.9 Å². The van der Waals surface area contributed by atoms with E-state index in [2.05, 4.69) is 25.3 Å². The van der Waals surface area contributed by atoms with Gasteiger partial charge >= 0.3 is 0 Å². The molecule has 4 aromatic rings. The number of hydrogen-bond donors (Lipinski definition) is 0. The summed E-state index contributed by atoms with van der Waals surface area (Å²) in [7, 11) is 0. The van der Waals surface area contributed by atoms with Crippen molar-refractivity contribution in [2.75, 3.05) is 0 Å². The zero-order valence-corrected chi connectivity index (χ0v) is 13.5. The highest BCUT2D eigenvalue weighted by Crippen LogP contribution is 2.31. The Morgan fingerprint density at radius 2 is 1.88 bits per heavy atom. The molecule has 0 radical (unpaired) electrons. The van der Waals surface area contributed by atoms with Crippen LogP contribution >= 0.6 is 0 Å². The summed E-state index contributed by atoms with van der Waals surface area (Å²) in [4.78, 5) is 21.7. The van der Waals surface area contributed by atoms with Gasteiger partial charge in [0, 0.05) is 18.3 Å². The van der Waals surface area contributed by atoms with Gasteiger partial charge in [0.25, 0.3) is 11.3 Å². The highest BCUT2D eigenvalue weighted by molar-refractivity contribution is 5.78. The Bertz CT molecular complexity index is 1100. The zero-order valence-electron chi connectivity index (χ0n) is 13.5. The lowest BCUT2D eigenvalue weighted by atomic mass is 9.89. The molecular formula is C16H16N8O. The fourth-order valence-electron chi connectivity index (χ4n) is 3.55. The van der Waals surface area contributed by atoms with E-state index < -0.39 is 0 Å². The first-order chi connectivity index (χ1) is 12.3. The number of pyridine rings is 1. The van der Waals surface area contributed by atoms with Gasteiger partial charge in [-0.1, -0.05) is 19.3 Å². The van der Waals surface area contributed by atoms with Crippen LogP contribution in [0.1, 0.15) is 43.8 Å². The van der Waals surface area contributed by atoms with Crippen LogP contribution in [0.25, 0.3) is 16.7 Å². The van der Waals surface area contributed by atoms with Crippen molar-refractivity contribution >= 4 is 16.7 Å². The summed E-state index contributed by atoms with van der Waals surface area (Å²) in [6, 6.07) is 1.84. The molecule has 0 aliphatic heterocycles. The van der Waals surface area contributed by atoms with Gasteiger partial charge in [-0.3, -0.25) is 4.79 Å². The van der Waals surface area contributed by atoms with Crippen LogP contribution in [0.3, 0.4) is 0 Å². The van der Waals surface area contributed by atoms with E-state index >= 15 is 0 Å². The lowest BCUT2D eigenvalue weighted by Crippen LogP contribution is -2.25. The Balaban J connectivity index is 1.68. The summed E-state index contributed by atoms with van der Waals surface area (Å²) in [5.74, 6) is 1.76. The maximum absolute atomic E-state index is 12.8. The Labute approximate surface area is 141 Å². The fraction of sp³-hybridized carbons (Fsp3) is 0.375. The quantitative estimate of drug-likeness (QED) is 0.549. The molecule has 9 nitrogen and oxygen atoms in total. The Morgan fingerprint density at radius 3 is 2.68 bits per heavy atom. The summed E-state index contributed by atoms with van der Waals surface area (Å²) in [6.07, 6.45) is 12.1. The first kappa shape index (κ1) is 14.3. The molecule has 25 heavy (non-hydrogen) atoms. The van der Waals surface area contributed by atoms with Gasteiger partial charge in [0.2, 0.25) is 0 Å². The molecule has 1 aliphatic carbocycles. The van der Waals surface area contributed by atoms with E-state index in [1.165, 1.54) is 41.3 Å². The van der Waals surface area contributed by atoms with Crippen molar-refractivity contribution in [2.24, 2.45) is 0 Å². The molecule has 0 amide bonds. The van der Waals surface area contributed by atoms with Crippen molar-refractivity contribution < 1.29 is 0 Å². The van der Waals surface area contributed by atoms with Crippen LogP contribution in [0, 0.1) is 0 Å². The first-order valence-electron chi connectivity index (χ1n) is 8.43. The molecule has 1 aliphatic rings. The molecule has 0 spiro atoms. The van der Waals surface area contributed by atoms with E-state index in [0.29, 0.717) is 22.6 Å². The number of rotatable bonds is 2. The van der Waals surface area contributed by atoms with Gasteiger partial charge in [0.05, 0.1) is 10.9 Å². The third-order valence-electron chi connectivity index (χ3n) is 4.86. The highest BCUT2D eigenvalue weighted by atomic mass is 16.1. The van der Waals surface area contributed by atoms with Crippen LogP contribution in [0.15, 0.2) is 35.9 Å². The van der Waals surface area contributed by atoms with Gasteiger partial charge in [-0.05, 0) is 18.9 Å². The highest BCUT2D eigenvalue weighted by Gasteiger charge is 2.21. The molecule has 5 rings (SSSR count). The van der Waals surface area contributed by atoms with Gasteiger partial charge in [0.1, 0.15) is 12.7 Å². The first-order valence-corrected chi connectivity index (χ1v) is 8.43. The maximum Gasteiger partial charge on any atom is 0.280 e. The van der Waals surface area contributed by atoms with Crippen molar-refractivity contribution in [3.8, 4) is 0 Å². The largest absolute Gasteiger partial charge is 0.280 e. The molecule has 0 atom stereocenters. The lowest BCUT2D eigenvalue weighted by molar-refractivity contribution is 0.429. The van der Waals surface area contributed by atoms with Crippen molar-refractivity contribution in [3.63, 3.8) is 0 Å². The number of nitrogens with zero attached hydrogens (tertiary/aromatic N) is 8. The van der Waals surface area contributed by atoms with Gasteiger partial charge in [-0.2, -0.15) is 9.50 Å². The predicted molar refractivity (Wildman–Crippen MR) is 89.2 cm³/mol. The molecular weight excluding hydrogens is 320 g/mol. The van der Waals surface area contributed by atoms with Crippen molar-refractivity contribution in [1.82, 2.24) is 39.1 Å². The molecule has 0 unspecified atom stereocenters. The Kier molecular flexibility index (Phi) is 3.12. The average Bonchev–Trinajstić information content (AvgIpc) is 3.32. The van der Waals surface area contributed by atoms with Crippen molar-refractivity contribution in [1.29, 1.82) is 0 Å². The van der Waals surface area contributed by atoms with E-state index in [-0.39, 0.29) is 5.56 Å². The predicted octanol–water partition coefficient (Wildman–Crippen LogP) is 1.39. The van der Waals surface area contributed by atoms with Gasteiger partial charge in [-0.25, -0.2) is 14.3 Å². The van der Waals surface area contributed by atoms with Crippen molar-refractivity contribution in [2.45, 2.75) is 38.0 Å². The van der Waals surface area contributed by atoms with Crippen LogP contribution in [-0.2, 0) is 0 Å². The monoisotopic (exact) mass is 336 g/mol. The normalized spacial score (nSPS) is 16.0. The molecule has 1 saturated carbocycles. The third kappa shape index (κ3) is 2.23. The molecule has 9 heteroatoms. The second kappa shape index (κ2) is 5.47. The van der Waals surface area contributed by atoms with Crippen molar-refractivity contribution in [3.05, 3.63) is 47.3 Å². The molecule has 126 valence electrons. The summed E-state index contributed by atoms with van der Waals surface area (Å²) >= 11 is 0. The molecule has 1 fully saturated rings. The smallest absolute Gasteiger partial charge is 0.267 e. The minimum Gasteiger partial charge on any atom is -0.267 e. The van der Waals surface area contributed by atoms with Crippen LogP contribution in [0.2, 0.25) is 0 Å². The summed E-state index contributed by atoms with van der Waals surface area (Å²) < 4.78 is 4.62. The number of hydrogen-bond acceptors (Lipinski definition) is 6. The second-order valence-corrected chi connectivity index (χ2v) is 6.38. The lowest BCUT2D eigenvalue weighted by Gasteiger charge is -2.17. The van der Waals surface area contributed by atoms with Gasteiger partial charge in [-0.15, -0.1) is 15.3 Å². The van der Waals surface area contributed by atoms with Gasteiger partial charge < -0.3 is 0 Å². The van der Waals surface area contributed by atoms with E-state index in [1.807, 2.05) is 6.07 Å². The van der Waals surface area contributed by atoms with E-state index in [9.17, 15) is 4.79 Å². The van der Waals surface area contributed by atoms with Gasteiger partial charge in [0.15, 0.2) is 5.82 Å². The second-order valence-electron chi connectivity index (χ2n) is 6.38. The molecule has 4 aromatic heterocycles. The molecule has 0 aromatic carbocycles. The minimum absolute atomic E-state index is 0.207. The summed E-state index contributed by atoms with van der Waals surface area (Å²) in [6.45, 7) is 0. The Hall–Kier alpha value is -3.10. The zero-order chi connectivity index (χ0) is 16.8. The fourth-order valence-corrected chi connectivity index (χ4v) is 3.55. The topological polar surface area (TPSA) is 95.8 Å². The Morgan fingerprint density at radius 1 is 1.08 bits per heavy atom. The summed E-state index contributed by atoms with van der Waals surface area (Å²) in [5.41, 5.74) is 0.496. The minimum atomic E-state index is -0.207. The summed E-state index contributed by atoms with van der Waals surface area (Å²) in [5, 5.41) is 12.6. The molecule has 4 heterocycles.